The minimum atomic E-state index is 0. The number of ether oxygens (including phenoxy) is 1. The van der Waals surface area contributed by atoms with E-state index in [4.69, 9.17) is 15.7 Å². The van der Waals surface area contributed by atoms with Crippen molar-refractivity contribution in [3.8, 4) is 11.8 Å². The third-order valence-corrected chi connectivity index (χ3v) is 1.25. The Hall–Kier alpha value is -1.31. The predicted octanol–water partition coefficient (Wildman–Crippen LogP) is 0.713. The van der Waals surface area contributed by atoms with E-state index in [1.807, 2.05) is 6.07 Å². The summed E-state index contributed by atoms with van der Waals surface area (Å²) in [6, 6.07) is 5.34. The number of halogens is 1. The smallest absolute Gasteiger partial charge is 0.182 e. The van der Waals surface area contributed by atoms with E-state index in [1.54, 1.807) is 18.3 Å². The highest BCUT2D eigenvalue weighted by atomic mass is 35.5. The molecule has 70 valence electrons. The second kappa shape index (κ2) is 6.23. The van der Waals surface area contributed by atoms with Gasteiger partial charge in [0, 0.05) is 12.7 Å². The molecule has 5 heteroatoms. The summed E-state index contributed by atoms with van der Waals surface area (Å²) >= 11 is 0. The molecule has 0 saturated heterocycles. The van der Waals surface area contributed by atoms with Crippen LogP contribution in [-0.2, 0) is 0 Å². The van der Waals surface area contributed by atoms with Crippen LogP contribution in [0.3, 0.4) is 0 Å². The van der Waals surface area contributed by atoms with Gasteiger partial charge in [0.1, 0.15) is 12.7 Å². The average Bonchev–Trinajstić information content (AvgIpc) is 2.15. The number of hydrogen-bond donors (Lipinski definition) is 1. The van der Waals surface area contributed by atoms with Gasteiger partial charge < -0.3 is 10.5 Å². The van der Waals surface area contributed by atoms with E-state index in [0.29, 0.717) is 24.6 Å². The Labute approximate surface area is 82.7 Å². The van der Waals surface area contributed by atoms with E-state index in [9.17, 15) is 0 Å². The summed E-state index contributed by atoms with van der Waals surface area (Å²) in [5.41, 5.74) is 5.54. The average molecular weight is 200 g/mol. The standard InChI is InChI=1S/C8H9N3O.ClH/c9-3-5-12-8-2-1-4-11-7(8)6-10;/h1-2,4H,3,5,9H2;1H. The van der Waals surface area contributed by atoms with Gasteiger partial charge >= 0.3 is 0 Å². The molecule has 0 aromatic carbocycles. The predicted molar refractivity (Wildman–Crippen MR) is 50.7 cm³/mol. The molecule has 0 amide bonds. The summed E-state index contributed by atoms with van der Waals surface area (Å²) in [7, 11) is 0. The number of hydrogen-bond acceptors (Lipinski definition) is 4. The normalized spacial score (nSPS) is 8.31. The maximum Gasteiger partial charge on any atom is 0.182 e. The van der Waals surface area contributed by atoms with E-state index < -0.39 is 0 Å². The first-order chi connectivity index (χ1) is 5.88. The van der Waals surface area contributed by atoms with Crippen molar-refractivity contribution < 1.29 is 4.74 Å². The van der Waals surface area contributed by atoms with Crippen LogP contribution in [-0.4, -0.2) is 18.1 Å². The van der Waals surface area contributed by atoms with Gasteiger partial charge in [-0.1, -0.05) is 0 Å². The molecule has 0 saturated carbocycles. The molecule has 0 aliphatic rings. The lowest BCUT2D eigenvalue weighted by atomic mass is 10.3. The lowest BCUT2D eigenvalue weighted by molar-refractivity contribution is 0.326. The van der Waals surface area contributed by atoms with Crippen LogP contribution < -0.4 is 10.5 Å². The largest absolute Gasteiger partial charge is 0.489 e. The third kappa shape index (κ3) is 3.28. The number of rotatable bonds is 3. The van der Waals surface area contributed by atoms with Gasteiger partial charge in [0.2, 0.25) is 0 Å². The minimum absolute atomic E-state index is 0. The van der Waals surface area contributed by atoms with Gasteiger partial charge in [-0.15, -0.1) is 12.4 Å². The molecular formula is C8H10ClN3O. The second-order valence-electron chi connectivity index (χ2n) is 2.10. The molecule has 0 aliphatic heterocycles. The number of nitrogens with zero attached hydrogens (tertiary/aromatic N) is 2. The number of pyridine rings is 1. The third-order valence-electron chi connectivity index (χ3n) is 1.25. The van der Waals surface area contributed by atoms with Gasteiger partial charge in [0.25, 0.3) is 0 Å². The van der Waals surface area contributed by atoms with Crippen molar-refractivity contribution in [1.82, 2.24) is 4.98 Å². The minimum Gasteiger partial charge on any atom is -0.489 e. The molecule has 1 heterocycles. The Morgan fingerprint density at radius 2 is 2.38 bits per heavy atom. The molecule has 0 unspecified atom stereocenters. The summed E-state index contributed by atoms with van der Waals surface area (Å²) < 4.78 is 5.17. The quantitative estimate of drug-likeness (QED) is 0.779. The van der Waals surface area contributed by atoms with Gasteiger partial charge in [-0.2, -0.15) is 5.26 Å². The van der Waals surface area contributed by atoms with Crippen molar-refractivity contribution in [1.29, 1.82) is 5.26 Å². The van der Waals surface area contributed by atoms with Gasteiger partial charge in [0.15, 0.2) is 11.4 Å². The van der Waals surface area contributed by atoms with Gasteiger partial charge in [0.05, 0.1) is 0 Å². The number of nitriles is 1. The van der Waals surface area contributed by atoms with Crippen LogP contribution in [0.25, 0.3) is 0 Å². The molecule has 0 atom stereocenters. The summed E-state index contributed by atoms with van der Waals surface area (Å²) in [5.74, 6) is 0.491. The molecular weight excluding hydrogens is 190 g/mol. The maximum absolute atomic E-state index is 8.59. The molecule has 0 spiro atoms. The zero-order valence-corrected chi connectivity index (χ0v) is 7.75. The van der Waals surface area contributed by atoms with Crippen LogP contribution in [0.2, 0.25) is 0 Å². The first-order valence-corrected chi connectivity index (χ1v) is 3.56. The molecule has 0 fully saturated rings. The van der Waals surface area contributed by atoms with Crippen molar-refractivity contribution in [2.45, 2.75) is 0 Å². The summed E-state index contributed by atoms with van der Waals surface area (Å²) in [5, 5.41) is 8.59. The molecule has 2 N–H and O–H groups in total. The van der Waals surface area contributed by atoms with Crippen molar-refractivity contribution in [3.05, 3.63) is 24.0 Å². The fourth-order valence-corrected chi connectivity index (χ4v) is 0.760. The first kappa shape index (κ1) is 11.7. The Kier molecular flexibility index (Phi) is 5.60. The zero-order valence-electron chi connectivity index (χ0n) is 6.93. The van der Waals surface area contributed by atoms with Crippen molar-refractivity contribution in [3.63, 3.8) is 0 Å². The molecule has 4 nitrogen and oxygen atoms in total. The Bertz CT molecular complexity index is 298. The van der Waals surface area contributed by atoms with Crippen molar-refractivity contribution in [2.75, 3.05) is 13.2 Å². The zero-order chi connectivity index (χ0) is 8.81. The van der Waals surface area contributed by atoms with E-state index in [-0.39, 0.29) is 12.4 Å². The monoisotopic (exact) mass is 199 g/mol. The Morgan fingerprint density at radius 1 is 1.62 bits per heavy atom. The topological polar surface area (TPSA) is 71.9 Å². The molecule has 0 aliphatic carbocycles. The van der Waals surface area contributed by atoms with Crippen LogP contribution in [0.4, 0.5) is 0 Å². The molecule has 0 bridgehead atoms. The summed E-state index contributed by atoms with van der Waals surface area (Å²) in [4.78, 5) is 3.82. The van der Waals surface area contributed by atoms with Crippen molar-refractivity contribution >= 4 is 12.4 Å². The maximum atomic E-state index is 8.59. The van der Waals surface area contributed by atoms with Crippen molar-refractivity contribution in [2.24, 2.45) is 5.73 Å². The van der Waals surface area contributed by atoms with Crippen LogP contribution in [0, 0.1) is 11.3 Å². The van der Waals surface area contributed by atoms with Crippen LogP contribution >= 0.6 is 12.4 Å². The Balaban J connectivity index is 0.00000144. The van der Waals surface area contributed by atoms with E-state index in [1.165, 1.54) is 0 Å². The molecule has 1 aromatic rings. The highest BCUT2D eigenvalue weighted by molar-refractivity contribution is 5.85. The SMILES string of the molecule is Cl.N#Cc1ncccc1OCCN. The number of aromatic nitrogens is 1. The summed E-state index contributed by atoms with van der Waals surface area (Å²) in [6.07, 6.45) is 1.55. The van der Waals surface area contributed by atoms with Gasteiger partial charge in [-0.05, 0) is 12.1 Å². The fourth-order valence-electron chi connectivity index (χ4n) is 0.760. The fraction of sp³-hybridized carbons (Fsp3) is 0.250. The molecule has 1 aromatic heterocycles. The van der Waals surface area contributed by atoms with E-state index >= 15 is 0 Å². The number of nitrogens with two attached hydrogens (primary N) is 1. The van der Waals surface area contributed by atoms with E-state index in [2.05, 4.69) is 4.98 Å². The molecule has 13 heavy (non-hydrogen) atoms. The van der Waals surface area contributed by atoms with Crippen LogP contribution in [0.1, 0.15) is 5.69 Å². The molecule has 1 rings (SSSR count). The van der Waals surface area contributed by atoms with Gasteiger partial charge in [-0.3, -0.25) is 0 Å². The first-order valence-electron chi connectivity index (χ1n) is 3.56. The second-order valence-corrected chi connectivity index (χ2v) is 2.10. The highest BCUT2D eigenvalue weighted by Crippen LogP contribution is 2.12. The van der Waals surface area contributed by atoms with Crippen LogP contribution in [0.5, 0.6) is 5.75 Å². The molecule has 0 radical (unpaired) electrons. The lowest BCUT2D eigenvalue weighted by Crippen LogP contribution is -2.11. The van der Waals surface area contributed by atoms with E-state index in [0.717, 1.165) is 0 Å². The summed E-state index contributed by atoms with van der Waals surface area (Å²) in [6.45, 7) is 0.833. The highest BCUT2D eigenvalue weighted by Gasteiger charge is 2.01. The van der Waals surface area contributed by atoms with Crippen LogP contribution in [0.15, 0.2) is 18.3 Å². The van der Waals surface area contributed by atoms with Gasteiger partial charge in [-0.25, -0.2) is 4.98 Å². The Morgan fingerprint density at radius 3 is 3.00 bits per heavy atom. The lowest BCUT2D eigenvalue weighted by Gasteiger charge is -2.03.